The molecule has 0 spiro atoms. The molecule has 0 aliphatic carbocycles. The van der Waals surface area contributed by atoms with Crippen molar-refractivity contribution in [3.05, 3.63) is 36.0 Å². The first kappa shape index (κ1) is 10.1. The lowest BCUT2D eigenvalue weighted by molar-refractivity contribution is 0.189. The van der Waals surface area contributed by atoms with Gasteiger partial charge in [-0.1, -0.05) is 18.2 Å². The highest BCUT2D eigenvalue weighted by atomic mass is 32.1. The summed E-state index contributed by atoms with van der Waals surface area (Å²) in [6, 6.07) is 7.82. The highest BCUT2D eigenvalue weighted by Crippen LogP contribution is 2.23. The zero-order valence-electron chi connectivity index (χ0n) is 7.97. The van der Waals surface area contributed by atoms with Crippen molar-refractivity contribution < 1.29 is 5.11 Å². The predicted molar refractivity (Wildman–Crippen MR) is 63.2 cm³/mol. The van der Waals surface area contributed by atoms with Gasteiger partial charge >= 0.3 is 0 Å². The molecule has 2 N–H and O–H groups in total. The first-order valence-corrected chi connectivity index (χ1v) is 5.01. The number of aromatic nitrogens is 1. The van der Waals surface area contributed by atoms with Crippen LogP contribution in [0, 0.1) is 0 Å². The summed E-state index contributed by atoms with van der Waals surface area (Å²) in [5, 5.41) is 13.1. The van der Waals surface area contributed by atoms with Gasteiger partial charge in [0, 0.05) is 22.7 Å². The molecule has 0 saturated heterocycles. The lowest BCUT2D eigenvalue weighted by Crippen LogP contribution is -1.99. The number of aliphatic hydroxyl groups is 1. The minimum atomic E-state index is -0.628. The van der Waals surface area contributed by atoms with Crippen LogP contribution in [-0.4, -0.2) is 21.8 Å². The zero-order chi connectivity index (χ0) is 10.7. The van der Waals surface area contributed by atoms with Crippen LogP contribution in [0.15, 0.2) is 35.5 Å². The number of hydrogen-bond acceptors (Lipinski definition) is 3. The SMILES string of the molecule is OC(CN=C=S)c1c[nH]c2ccccc12. The summed E-state index contributed by atoms with van der Waals surface area (Å²) in [5.41, 5.74) is 1.86. The summed E-state index contributed by atoms with van der Waals surface area (Å²) in [5.74, 6) is 0. The monoisotopic (exact) mass is 218 g/mol. The summed E-state index contributed by atoms with van der Waals surface area (Å²) in [7, 11) is 0. The van der Waals surface area contributed by atoms with Crippen LogP contribution in [0.5, 0.6) is 0 Å². The Hall–Kier alpha value is -1.48. The number of para-hydroxylation sites is 1. The molecule has 0 fully saturated rings. The number of aliphatic imine (C=N–C) groups is 1. The van der Waals surface area contributed by atoms with Crippen molar-refractivity contribution in [2.75, 3.05) is 6.54 Å². The molecule has 0 bridgehead atoms. The Morgan fingerprint density at radius 1 is 1.47 bits per heavy atom. The van der Waals surface area contributed by atoms with Crippen molar-refractivity contribution in [3.63, 3.8) is 0 Å². The number of hydrogen-bond donors (Lipinski definition) is 2. The Bertz CT molecular complexity index is 514. The Morgan fingerprint density at radius 2 is 2.27 bits per heavy atom. The summed E-state index contributed by atoms with van der Waals surface area (Å²) in [6.07, 6.45) is 1.17. The molecule has 0 radical (unpaired) electrons. The standard InChI is InChI=1S/C11H10N2OS/c14-11(6-12-7-15)9-5-13-10-4-2-1-3-8(9)10/h1-5,11,13-14H,6H2. The average Bonchev–Trinajstić information content (AvgIpc) is 2.69. The number of isothiocyanates is 1. The van der Waals surface area contributed by atoms with E-state index in [9.17, 15) is 5.11 Å². The van der Waals surface area contributed by atoms with E-state index in [2.05, 4.69) is 27.4 Å². The quantitative estimate of drug-likeness (QED) is 0.613. The molecule has 1 atom stereocenters. The fourth-order valence-corrected chi connectivity index (χ4v) is 1.67. The topological polar surface area (TPSA) is 48.4 Å². The van der Waals surface area contributed by atoms with Crippen LogP contribution < -0.4 is 0 Å². The largest absolute Gasteiger partial charge is 0.386 e. The normalized spacial score (nSPS) is 12.3. The number of fused-ring (bicyclic) bond motifs is 1. The van der Waals surface area contributed by atoms with E-state index in [1.807, 2.05) is 24.3 Å². The van der Waals surface area contributed by atoms with Crippen LogP contribution in [0.25, 0.3) is 10.9 Å². The van der Waals surface area contributed by atoms with Crippen molar-refractivity contribution in [2.45, 2.75) is 6.10 Å². The third-order valence-corrected chi connectivity index (χ3v) is 2.44. The minimum Gasteiger partial charge on any atom is -0.386 e. The van der Waals surface area contributed by atoms with E-state index in [0.717, 1.165) is 16.5 Å². The van der Waals surface area contributed by atoms with Gasteiger partial charge in [0.25, 0.3) is 0 Å². The number of nitrogens with one attached hydrogen (secondary N) is 1. The molecular formula is C11H10N2OS. The van der Waals surface area contributed by atoms with E-state index in [0.29, 0.717) is 0 Å². The third-order valence-electron chi connectivity index (χ3n) is 2.31. The molecule has 76 valence electrons. The number of aromatic amines is 1. The second kappa shape index (κ2) is 4.36. The van der Waals surface area contributed by atoms with Crippen LogP contribution in [0.2, 0.25) is 0 Å². The van der Waals surface area contributed by atoms with Gasteiger partial charge in [-0.3, -0.25) is 0 Å². The van der Waals surface area contributed by atoms with Crippen LogP contribution in [0.3, 0.4) is 0 Å². The van der Waals surface area contributed by atoms with Gasteiger partial charge in [-0.05, 0) is 18.3 Å². The number of benzene rings is 1. The van der Waals surface area contributed by atoms with E-state index < -0.39 is 6.10 Å². The second-order valence-corrected chi connectivity index (χ2v) is 3.42. The van der Waals surface area contributed by atoms with Crippen LogP contribution in [0.1, 0.15) is 11.7 Å². The van der Waals surface area contributed by atoms with E-state index in [1.165, 1.54) is 0 Å². The highest BCUT2D eigenvalue weighted by molar-refractivity contribution is 7.78. The van der Waals surface area contributed by atoms with Crippen molar-refractivity contribution in [1.82, 2.24) is 4.98 Å². The molecule has 4 heteroatoms. The molecule has 2 rings (SSSR count). The molecule has 0 amide bonds. The van der Waals surface area contributed by atoms with Gasteiger partial charge in [-0.15, -0.1) is 0 Å². The van der Waals surface area contributed by atoms with Crippen molar-refractivity contribution in [1.29, 1.82) is 0 Å². The summed E-state index contributed by atoms with van der Waals surface area (Å²) >= 11 is 4.46. The fourth-order valence-electron chi connectivity index (χ4n) is 1.59. The van der Waals surface area contributed by atoms with E-state index in [1.54, 1.807) is 6.20 Å². The Kier molecular flexibility index (Phi) is 2.92. The van der Waals surface area contributed by atoms with Gasteiger partial charge in [-0.25, -0.2) is 4.99 Å². The third kappa shape index (κ3) is 1.97. The van der Waals surface area contributed by atoms with Gasteiger partial charge in [0.1, 0.15) is 6.10 Å². The van der Waals surface area contributed by atoms with E-state index in [-0.39, 0.29) is 6.54 Å². The summed E-state index contributed by atoms with van der Waals surface area (Å²) in [4.78, 5) is 6.83. The van der Waals surface area contributed by atoms with Gasteiger partial charge in [0.2, 0.25) is 0 Å². The smallest absolute Gasteiger partial charge is 0.101 e. The van der Waals surface area contributed by atoms with Gasteiger partial charge in [0.05, 0.1) is 11.7 Å². The number of aliphatic hydroxyl groups excluding tert-OH is 1. The lowest BCUT2D eigenvalue weighted by atomic mass is 10.1. The second-order valence-electron chi connectivity index (χ2n) is 3.24. The molecule has 1 aromatic heterocycles. The lowest BCUT2D eigenvalue weighted by Gasteiger charge is -2.04. The highest BCUT2D eigenvalue weighted by Gasteiger charge is 2.11. The maximum Gasteiger partial charge on any atom is 0.101 e. The molecule has 2 aromatic rings. The average molecular weight is 218 g/mol. The summed E-state index contributed by atoms with van der Waals surface area (Å²) in [6.45, 7) is 0.255. The minimum absolute atomic E-state index is 0.255. The number of rotatable bonds is 3. The van der Waals surface area contributed by atoms with Crippen LogP contribution in [0.4, 0.5) is 0 Å². The predicted octanol–water partition coefficient (Wildman–Crippen LogP) is 2.30. The maximum atomic E-state index is 9.84. The maximum absolute atomic E-state index is 9.84. The number of H-pyrrole nitrogens is 1. The molecule has 0 aliphatic rings. The van der Waals surface area contributed by atoms with Gasteiger partial charge in [0.15, 0.2) is 0 Å². The van der Waals surface area contributed by atoms with Crippen LogP contribution in [-0.2, 0) is 0 Å². The first-order valence-electron chi connectivity index (χ1n) is 4.60. The molecule has 0 aliphatic heterocycles. The fraction of sp³-hybridized carbons (Fsp3) is 0.182. The van der Waals surface area contributed by atoms with Crippen molar-refractivity contribution in [2.24, 2.45) is 4.99 Å². The van der Waals surface area contributed by atoms with Crippen molar-refractivity contribution >= 4 is 28.3 Å². The van der Waals surface area contributed by atoms with Gasteiger partial charge < -0.3 is 10.1 Å². The molecule has 1 heterocycles. The molecule has 15 heavy (non-hydrogen) atoms. The Morgan fingerprint density at radius 3 is 3.07 bits per heavy atom. The Labute approximate surface area is 92.5 Å². The Balaban J connectivity index is 2.39. The van der Waals surface area contributed by atoms with Crippen molar-refractivity contribution in [3.8, 4) is 0 Å². The molecular weight excluding hydrogens is 208 g/mol. The molecule has 1 aromatic carbocycles. The molecule has 0 saturated carbocycles. The van der Waals surface area contributed by atoms with Gasteiger partial charge in [-0.2, -0.15) is 0 Å². The van der Waals surface area contributed by atoms with E-state index in [4.69, 9.17) is 0 Å². The molecule has 3 nitrogen and oxygen atoms in total. The number of thiocarbonyl (C=S) groups is 1. The van der Waals surface area contributed by atoms with E-state index >= 15 is 0 Å². The van der Waals surface area contributed by atoms with Crippen LogP contribution >= 0.6 is 12.2 Å². The summed E-state index contributed by atoms with van der Waals surface area (Å²) < 4.78 is 0. The first-order chi connectivity index (χ1) is 7.33. The zero-order valence-corrected chi connectivity index (χ0v) is 8.79. The number of nitrogens with zero attached hydrogens (tertiary/aromatic N) is 1. The molecule has 1 unspecified atom stereocenters.